The molecule has 0 amide bonds. The third-order valence-electron chi connectivity index (χ3n) is 3.54. The van der Waals surface area contributed by atoms with E-state index in [0.717, 1.165) is 37.2 Å². The van der Waals surface area contributed by atoms with Crippen molar-refractivity contribution in [2.75, 3.05) is 33.2 Å². The molecule has 2 rings (SSSR count). The first kappa shape index (κ1) is 14.0. The van der Waals surface area contributed by atoms with Gasteiger partial charge in [0, 0.05) is 36.7 Å². The molecule has 0 radical (unpaired) electrons. The third-order valence-corrected chi connectivity index (χ3v) is 4.07. The van der Waals surface area contributed by atoms with Gasteiger partial charge in [-0.2, -0.15) is 0 Å². The molecule has 18 heavy (non-hydrogen) atoms. The van der Waals surface area contributed by atoms with Crippen LogP contribution >= 0.6 is 15.9 Å². The highest BCUT2D eigenvalue weighted by Crippen LogP contribution is 2.10. The molecule has 1 unspecified atom stereocenters. The summed E-state index contributed by atoms with van der Waals surface area (Å²) < 4.78 is 1.14. The molecular weight excluding hydrogens is 290 g/mol. The number of piperazine rings is 1. The van der Waals surface area contributed by atoms with Gasteiger partial charge >= 0.3 is 0 Å². The second-order valence-electron chi connectivity index (χ2n) is 4.93. The molecule has 2 N–H and O–H groups in total. The van der Waals surface area contributed by atoms with Gasteiger partial charge in [-0.25, -0.2) is 0 Å². The molecule has 0 aliphatic carbocycles. The van der Waals surface area contributed by atoms with Crippen LogP contribution in [0.25, 0.3) is 0 Å². The maximum absolute atomic E-state index is 3.52. The Morgan fingerprint density at radius 1 is 1.39 bits per heavy atom. The normalized spacial score (nSPS) is 21.1. The molecule has 0 saturated carbocycles. The first-order valence-electron chi connectivity index (χ1n) is 6.62. The monoisotopic (exact) mass is 311 g/mol. The molecule has 1 aromatic carbocycles. The van der Waals surface area contributed by atoms with Gasteiger partial charge in [0.2, 0.25) is 0 Å². The number of benzene rings is 1. The van der Waals surface area contributed by atoms with E-state index in [1.165, 1.54) is 12.0 Å². The van der Waals surface area contributed by atoms with Gasteiger partial charge in [0.05, 0.1) is 0 Å². The van der Waals surface area contributed by atoms with Crippen molar-refractivity contribution in [3.05, 3.63) is 34.3 Å². The molecule has 3 nitrogen and oxygen atoms in total. The zero-order chi connectivity index (χ0) is 12.8. The molecular formula is C14H22BrN3. The number of rotatable bonds is 5. The molecule has 0 bridgehead atoms. The quantitative estimate of drug-likeness (QED) is 0.813. The first-order chi connectivity index (χ1) is 8.75. The zero-order valence-corrected chi connectivity index (χ0v) is 12.5. The number of nitrogens with one attached hydrogen (secondary N) is 2. The Morgan fingerprint density at radius 2 is 2.17 bits per heavy atom. The molecule has 100 valence electrons. The number of hydrogen-bond donors (Lipinski definition) is 2. The largest absolute Gasteiger partial charge is 0.314 e. The van der Waals surface area contributed by atoms with Crippen molar-refractivity contribution in [2.45, 2.75) is 19.0 Å². The molecule has 1 fully saturated rings. The van der Waals surface area contributed by atoms with E-state index < -0.39 is 0 Å². The standard InChI is InChI=1S/C14H22BrN3/c1-18-9-8-17-11-14(18)6-7-16-10-12-2-4-13(15)5-3-12/h2-5,14,16-17H,6-11H2,1H3. The van der Waals surface area contributed by atoms with Crippen LogP contribution in [0.5, 0.6) is 0 Å². The van der Waals surface area contributed by atoms with Crippen molar-refractivity contribution in [3.63, 3.8) is 0 Å². The fourth-order valence-corrected chi connectivity index (χ4v) is 2.55. The van der Waals surface area contributed by atoms with Crippen LogP contribution in [-0.4, -0.2) is 44.2 Å². The Balaban J connectivity index is 1.65. The Hall–Kier alpha value is -0.420. The smallest absolute Gasteiger partial charge is 0.0230 e. The second kappa shape index (κ2) is 7.24. The zero-order valence-electron chi connectivity index (χ0n) is 11.0. The lowest BCUT2D eigenvalue weighted by Gasteiger charge is -2.33. The lowest BCUT2D eigenvalue weighted by atomic mass is 10.1. The summed E-state index contributed by atoms with van der Waals surface area (Å²) in [5.74, 6) is 0. The van der Waals surface area contributed by atoms with Crippen LogP contribution in [0.4, 0.5) is 0 Å². The lowest BCUT2D eigenvalue weighted by molar-refractivity contribution is 0.189. The predicted molar refractivity (Wildman–Crippen MR) is 79.8 cm³/mol. The number of likely N-dealkylation sites (N-methyl/N-ethyl adjacent to an activating group) is 1. The highest BCUT2D eigenvalue weighted by atomic mass is 79.9. The van der Waals surface area contributed by atoms with Crippen LogP contribution in [-0.2, 0) is 6.54 Å². The van der Waals surface area contributed by atoms with Gasteiger partial charge < -0.3 is 15.5 Å². The van der Waals surface area contributed by atoms with Crippen molar-refractivity contribution in [1.29, 1.82) is 0 Å². The van der Waals surface area contributed by atoms with Crippen LogP contribution < -0.4 is 10.6 Å². The van der Waals surface area contributed by atoms with Gasteiger partial charge in [-0.3, -0.25) is 0 Å². The van der Waals surface area contributed by atoms with E-state index in [0.29, 0.717) is 6.04 Å². The number of nitrogens with zero attached hydrogens (tertiary/aromatic N) is 1. The highest BCUT2D eigenvalue weighted by Gasteiger charge is 2.17. The Morgan fingerprint density at radius 3 is 2.89 bits per heavy atom. The average Bonchev–Trinajstić information content (AvgIpc) is 2.39. The number of hydrogen-bond acceptors (Lipinski definition) is 3. The summed E-state index contributed by atoms with van der Waals surface area (Å²) in [6.07, 6.45) is 1.21. The minimum absolute atomic E-state index is 0.677. The maximum atomic E-state index is 3.52. The summed E-state index contributed by atoms with van der Waals surface area (Å²) >= 11 is 3.45. The molecule has 4 heteroatoms. The fourth-order valence-electron chi connectivity index (χ4n) is 2.29. The minimum atomic E-state index is 0.677. The summed E-state index contributed by atoms with van der Waals surface area (Å²) in [6.45, 7) is 5.44. The Kier molecular flexibility index (Phi) is 5.63. The van der Waals surface area contributed by atoms with Crippen molar-refractivity contribution in [3.8, 4) is 0 Å². The van der Waals surface area contributed by atoms with Gasteiger partial charge in [-0.15, -0.1) is 0 Å². The SMILES string of the molecule is CN1CCNCC1CCNCc1ccc(Br)cc1. The van der Waals surface area contributed by atoms with Crippen molar-refractivity contribution in [1.82, 2.24) is 15.5 Å². The molecule has 0 spiro atoms. The summed E-state index contributed by atoms with van der Waals surface area (Å²) in [6, 6.07) is 9.18. The first-order valence-corrected chi connectivity index (χ1v) is 7.41. The Bertz CT molecular complexity index is 353. The van der Waals surface area contributed by atoms with E-state index in [9.17, 15) is 0 Å². The van der Waals surface area contributed by atoms with Gasteiger partial charge in [-0.05, 0) is 37.7 Å². The summed E-state index contributed by atoms with van der Waals surface area (Å²) in [7, 11) is 2.22. The fraction of sp³-hybridized carbons (Fsp3) is 0.571. The van der Waals surface area contributed by atoms with Crippen molar-refractivity contribution in [2.24, 2.45) is 0 Å². The predicted octanol–water partition coefficient (Wildman–Crippen LogP) is 1.83. The molecule has 1 atom stereocenters. The highest BCUT2D eigenvalue weighted by molar-refractivity contribution is 9.10. The van der Waals surface area contributed by atoms with E-state index in [-0.39, 0.29) is 0 Å². The van der Waals surface area contributed by atoms with E-state index in [1.807, 2.05) is 0 Å². The molecule has 1 aliphatic rings. The summed E-state index contributed by atoms with van der Waals surface area (Å²) in [5.41, 5.74) is 1.34. The summed E-state index contributed by atoms with van der Waals surface area (Å²) in [5, 5.41) is 6.97. The van der Waals surface area contributed by atoms with Crippen LogP contribution in [0.1, 0.15) is 12.0 Å². The van der Waals surface area contributed by atoms with Crippen LogP contribution in [0.2, 0.25) is 0 Å². The van der Waals surface area contributed by atoms with E-state index in [2.05, 4.69) is 62.8 Å². The van der Waals surface area contributed by atoms with Gasteiger partial charge in [-0.1, -0.05) is 28.1 Å². The van der Waals surface area contributed by atoms with Crippen LogP contribution in [0.3, 0.4) is 0 Å². The van der Waals surface area contributed by atoms with E-state index in [1.54, 1.807) is 0 Å². The molecule has 1 aromatic rings. The van der Waals surface area contributed by atoms with Crippen LogP contribution in [0.15, 0.2) is 28.7 Å². The average molecular weight is 312 g/mol. The third kappa shape index (κ3) is 4.35. The molecule has 0 aromatic heterocycles. The molecule has 1 saturated heterocycles. The number of halogens is 1. The van der Waals surface area contributed by atoms with Crippen molar-refractivity contribution < 1.29 is 0 Å². The van der Waals surface area contributed by atoms with Gasteiger partial charge in [0.15, 0.2) is 0 Å². The molecule has 1 heterocycles. The minimum Gasteiger partial charge on any atom is -0.314 e. The molecule has 1 aliphatic heterocycles. The Labute approximate surface area is 118 Å². The van der Waals surface area contributed by atoms with Gasteiger partial charge in [0.1, 0.15) is 0 Å². The van der Waals surface area contributed by atoms with E-state index in [4.69, 9.17) is 0 Å². The lowest BCUT2D eigenvalue weighted by Crippen LogP contribution is -2.50. The second-order valence-corrected chi connectivity index (χ2v) is 5.85. The van der Waals surface area contributed by atoms with Crippen molar-refractivity contribution >= 4 is 15.9 Å². The topological polar surface area (TPSA) is 27.3 Å². The van der Waals surface area contributed by atoms with Crippen LogP contribution in [0, 0.1) is 0 Å². The maximum Gasteiger partial charge on any atom is 0.0230 e. The summed E-state index contributed by atoms with van der Waals surface area (Å²) in [4.78, 5) is 2.46. The van der Waals surface area contributed by atoms with Gasteiger partial charge in [0.25, 0.3) is 0 Å². The van der Waals surface area contributed by atoms with E-state index >= 15 is 0 Å².